The van der Waals surface area contributed by atoms with Gasteiger partial charge in [-0.15, -0.1) is 0 Å². The number of pyridine rings is 1. The Morgan fingerprint density at radius 1 is 0.882 bits per heavy atom. The number of hydrogen-bond donors (Lipinski definition) is 1. The lowest BCUT2D eigenvalue weighted by Gasteiger charge is -2.04. The minimum absolute atomic E-state index is 0.873. The highest BCUT2D eigenvalue weighted by Crippen LogP contribution is 2.13. The van der Waals surface area contributed by atoms with Crippen molar-refractivity contribution in [2.24, 2.45) is 5.16 Å². The zero-order valence-electron chi connectivity index (χ0n) is 9.47. The van der Waals surface area contributed by atoms with Crippen LogP contribution in [0.3, 0.4) is 0 Å². The average Bonchev–Trinajstić information content (AvgIpc) is 2.39. The summed E-state index contributed by atoms with van der Waals surface area (Å²) in [6, 6.07) is 16.2. The van der Waals surface area contributed by atoms with Crippen LogP contribution in [0.25, 0.3) is 21.8 Å². The van der Waals surface area contributed by atoms with E-state index in [-0.39, 0.29) is 0 Å². The molecule has 3 heteroatoms. The van der Waals surface area contributed by atoms with E-state index in [4.69, 9.17) is 4.84 Å². The monoisotopic (exact) mass is 224 g/mol. The van der Waals surface area contributed by atoms with Gasteiger partial charge >= 0.3 is 0 Å². The maximum Gasteiger partial charge on any atom is 0.121 e. The fourth-order valence-electron chi connectivity index (χ4n) is 2.08. The second kappa shape index (κ2) is 3.94. The van der Waals surface area contributed by atoms with Gasteiger partial charge in [-0.05, 0) is 12.1 Å². The van der Waals surface area contributed by atoms with Gasteiger partial charge in [-0.25, -0.2) is 0 Å². The Bertz CT molecular complexity index is 687. The SMILES string of the molecule is CON=c1c2ccccc2[nH]c2ccccc12. The molecular weight excluding hydrogens is 212 g/mol. The van der Waals surface area contributed by atoms with Crippen molar-refractivity contribution in [1.82, 2.24) is 4.98 Å². The Labute approximate surface area is 98.3 Å². The summed E-state index contributed by atoms with van der Waals surface area (Å²) in [5, 5.41) is 7.14. The van der Waals surface area contributed by atoms with Gasteiger partial charge < -0.3 is 9.82 Å². The average molecular weight is 224 g/mol. The van der Waals surface area contributed by atoms with Crippen LogP contribution in [0.2, 0.25) is 0 Å². The summed E-state index contributed by atoms with van der Waals surface area (Å²) in [7, 11) is 1.57. The number of aromatic nitrogens is 1. The molecule has 1 aromatic heterocycles. The maximum atomic E-state index is 4.96. The first-order valence-corrected chi connectivity index (χ1v) is 5.47. The first-order chi connectivity index (χ1) is 8.40. The molecule has 0 aliphatic rings. The Kier molecular flexibility index (Phi) is 2.29. The number of benzene rings is 2. The molecule has 0 radical (unpaired) electrons. The molecule has 1 N–H and O–H groups in total. The van der Waals surface area contributed by atoms with Crippen LogP contribution in [0.15, 0.2) is 53.7 Å². The highest BCUT2D eigenvalue weighted by atomic mass is 16.6. The van der Waals surface area contributed by atoms with Crippen LogP contribution in [0.1, 0.15) is 0 Å². The lowest BCUT2D eigenvalue weighted by Crippen LogP contribution is -2.07. The van der Waals surface area contributed by atoms with Crippen molar-refractivity contribution >= 4 is 21.8 Å². The van der Waals surface area contributed by atoms with Crippen LogP contribution < -0.4 is 5.36 Å². The zero-order valence-corrected chi connectivity index (χ0v) is 9.47. The van der Waals surface area contributed by atoms with Gasteiger partial charge in [-0.3, -0.25) is 0 Å². The second-order valence-electron chi connectivity index (χ2n) is 3.84. The number of hydrogen-bond acceptors (Lipinski definition) is 2. The van der Waals surface area contributed by atoms with Gasteiger partial charge in [0.2, 0.25) is 0 Å². The van der Waals surface area contributed by atoms with Crippen LogP contribution >= 0.6 is 0 Å². The Balaban J connectivity index is 2.61. The van der Waals surface area contributed by atoms with Crippen LogP contribution in [-0.4, -0.2) is 12.1 Å². The third kappa shape index (κ3) is 1.56. The molecule has 0 spiro atoms. The molecule has 0 unspecified atom stereocenters. The highest BCUT2D eigenvalue weighted by Gasteiger charge is 2.02. The molecule has 3 rings (SSSR count). The van der Waals surface area contributed by atoms with Crippen molar-refractivity contribution < 1.29 is 4.84 Å². The van der Waals surface area contributed by atoms with Crippen LogP contribution in [0.5, 0.6) is 0 Å². The second-order valence-corrected chi connectivity index (χ2v) is 3.84. The number of nitrogens with zero attached hydrogens (tertiary/aromatic N) is 1. The highest BCUT2D eigenvalue weighted by molar-refractivity contribution is 5.91. The van der Waals surface area contributed by atoms with Gasteiger partial charge in [-0.2, -0.15) is 0 Å². The van der Waals surface area contributed by atoms with Crippen molar-refractivity contribution in [3.8, 4) is 0 Å². The smallest absolute Gasteiger partial charge is 0.121 e. The number of rotatable bonds is 1. The van der Waals surface area contributed by atoms with Crippen molar-refractivity contribution in [2.75, 3.05) is 7.11 Å². The molecule has 3 aromatic rings. The van der Waals surface area contributed by atoms with Crippen molar-refractivity contribution in [3.63, 3.8) is 0 Å². The molecule has 0 saturated heterocycles. The zero-order chi connectivity index (χ0) is 11.7. The van der Waals surface area contributed by atoms with Crippen molar-refractivity contribution in [1.29, 1.82) is 0 Å². The van der Waals surface area contributed by atoms with E-state index in [1.807, 2.05) is 48.5 Å². The number of nitrogens with one attached hydrogen (secondary N) is 1. The fourth-order valence-corrected chi connectivity index (χ4v) is 2.08. The predicted molar refractivity (Wildman–Crippen MR) is 68.4 cm³/mol. The normalized spacial score (nSPS) is 10.6. The quantitative estimate of drug-likeness (QED) is 0.501. The van der Waals surface area contributed by atoms with E-state index in [9.17, 15) is 0 Å². The van der Waals surface area contributed by atoms with E-state index in [1.54, 1.807) is 7.11 Å². The summed E-state index contributed by atoms with van der Waals surface area (Å²) in [5.41, 5.74) is 2.11. The van der Waals surface area contributed by atoms with E-state index >= 15 is 0 Å². The molecule has 0 fully saturated rings. The van der Waals surface area contributed by atoms with Gasteiger partial charge in [0.15, 0.2) is 0 Å². The standard InChI is InChI=1S/C14H12N2O/c1-17-16-14-10-6-2-4-8-12(10)15-13-9-5-3-7-11(13)14/h2-9H,1H3,(H,15,16). The van der Waals surface area contributed by atoms with Gasteiger partial charge in [0.25, 0.3) is 0 Å². The molecule has 1 heterocycles. The molecule has 0 aliphatic heterocycles. The first kappa shape index (κ1) is 9.90. The van der Waals surface area contributed by atoms with Crippen LogP contribution in [0.4, 0.5) is 0 Å². The fraction of sp³-hybridized carbons (Fsp3) is 0.0714. The maximum absolute atomic E-state index is 4.96. The van der Waals surface area contributed by atoms with E-state index in [1.165, 1.54) is 0 Å². The molecule has 0 atom stereocenters. The molecule has 0 saturated carbocycles. The van der Waals surface area contributed by atoms with E-state index in [0.29, 0.717) is 0 Å². The van der Waals surface area contributed by atoms with Gasteiger partial charge in [0.1, 0.15) is 12.5 Å². The van der Waals surface area contributed by atoms with Gasteiger partial charge in [0.05, 0.1) is 0 Å². The van der Waals surface area contributed by atoms with E-state index < -0.39 is 0 Å². The van der Waals surface area contributed by atoms with E-state index in [2.05, 4.69) is 10.1 Å². The number of para-hydroxylation sites is 2. The Hall–Kier alpha value is -2.29. The minimum Gasteiger partial charge on any atom is -0.399 e. The molecule has 0 amide bonds. The lowest BCUT2D eigenvalue weighted by atomic mass is 10.1. The molecular formula is C14H12N2O. The first-order valence-electron chi connectivity index (χ1n) is 5.47. The van der Waals surface area contributed by atoms with Crippen LogP contribution in [0, 0.1) is 0 Å². The summed E-state index contributed by atoms with van der Waals surface area (Å²) in [6.45, 7) is 0. The Morgan fingerprint density at radius 2 is 1.41 bits per heavy atom. The molecule has 84 valence electrons. The molecule has 2 aromatic carbocycles. The minimum atomic E-state index is 0.873. The van der Waals surface area contributed by atoms with E-state index in [0.717, 1.165) is 27.2 Å². The summed E-state index contributed by atoms with van der Waals surface area (Å²) >= 11 is 0. The molecule has 3 nitrogen and oxygen atoms in total. The molecule has 17 heavy (non-hydrogen) atoms. The topological polar surface area (TPSA) is 37.4 Å². The summed E-state index contributed by atoms with van der Waals surface area (Å²) < 4.78 is 0. The summed E-state index contributed by atoms with van der Waals surface area (Å²) in [6.07, 6.45) is 0. The number of aromatic amines is 1. The molecule has 0 aliphatic carbocycles. The van der Waals surface area contributed by atoms with Gasteiger partial charge in [0, 0.05) is 21.8 Å². The third-order valence-electron chi connectivity index (χ3n) is 2.82. The largest absolute Gasteiger partial charge is 0.399 e. The predicted octanol–water partition coefficient (Wildman–Crippen LogP) is 2.78. The number of fused-ring (bicyclic) bond motifs is 2. The lowest BCUT2D eigenvalue weighted by molar-refractivity contribution is 0.202. The van der Waals surface area contributed by atoms with Crippen molar-refractivity contribution in [3.05, 3.63) is 53.9 Å². The summed E-state index contributed by atoms with van der Waals surface area (Å²) in [4.78, 5) is 8.35. The molecule has 0 bridgehead atoms. The Morgan fingerprint density at radius 3 is 1.94 bits per heavy atom. The third-order valence-corrected chi connectivity index (χ3v) is 2.82. The summed E-state index contributed by atoms with van der Waals surface area (Å²) in [5.74, 6) is 0. The number of H-pyrrole nitrogens is 1. The van der Waals surface area contributed by atoms with Crippen molar-refractivity contribution in [2.45, 2.75) is 0 Å². The van der Waals surface area contributed by atoms with Crippen LogP contribution in [-0.2, 0) is 4.84 Å². The van der Waals surface area contributed by atoms with Gasteiger partial charge in [-0.1, -0.05) is 41.6 Å².